The first kappa shape index (κ1) is 14.1. The fraction of sp³-hybridized carbons (Fsp3) is 1.00. The Bertz CT molecular complexity index is 153. The highest BCUT2D eigenvalue weighted by Crippen LogP contribution is 2.31. The van der Waals surface area contributed by atoms with Gasteiger partial charge in [-0.3, -0.25) is 0 Å². The quantitative estimate of drug-likeness (QED) is 0.696. The van der Waals surface area contributed by atoms with E-state index in [0.29, 0.717) is 6.54 Å². The van der Waals surface area contributed by atoms with Crippen LogP contribution in [0.2, 0.25) is 12.1 Å². The predicted molar refractivity (Wildman–Crippen MR) is 62.5 cm³/mol. The van der Waals surface area contributed by atoms with E-state index in [0.717, 1.165) is 18.5 Å². The second kappa shape index (κ2) is 5.85. The van der Waals surface area contributed by atoms with Crippen LogP contribution in [0.25, 0.3) is 0 Å². The van der Waals surface area contributed by atoms with Crippen LogP contribution in [0, 0.1) is 5.41 Å². The third-order valence-corrected chi connectivity index (χ3v) is 6.51. The molecular weight excluding hydrogens is 194 g/mol. The smallest absolute Gasteiger partial charge is 0.338 e. The lowest BCUT2D eigenvalue weighted by molar-refractivity contribution is 0.223. The van der Waals surface area contributed by atoms with Crippen LogP contribution in [0.3, 0.4) is 0 Å². The van der Waals surface area contributed by atoms with Gasteiger partial charge in [0.2, 0.25) is 0 Å². The van der Waals surface area contributed by atoms with Crippen molar-refractivity contribution in [3.8, 4) is 0 Å². The molecule has 3 nitrogen and oxygen atoms in total. The van der Waals surface area contributed by atoms with Crippen molar-refractivity contribution in [1.82, 2.24) is 0 Å². The van der Waals surface area contributed by atoms with Crippen molar-refractivity contribution in [1.29, 1.82) is 0 Å². The molecule has 0 radical (unpaired) electrons. The van der Waals surface area contributed by atoms with Gasteiger partial charge in [0, 0.05) is 14.2 Å². The van der Waals surface area contributed by atoms with Gasteiger partial charge in [-0.1, -0.05) is 20.8 Å². The van der Waals surface area contributed by atoms with Crippen molar-refractivity contribution in [3.63, 3.8) is 0 Å². The summed E-state index contributed by atoms with van der Waals surface area (Å²) < 4.78 is 11.3. The van der Waals surface area contributed by atoms with E-state index in [9.17, 15) is 0 Å². The molecule has 0 heterocycles. The van der Waals surface area contributed by atoms with Crippen LogP contribution in [0.15, 0.2) is 0 Å². The van der Waals surface area contributed by atoms with Gasteiger partial charge in [0.15, 0.2) is 0 Å². The SMILES string of the molecule is CO[Si](CCCN)(CC(C)(C)C)OC. The molecule has 0 amide bonds. The van der Waals surface area contributed by atoms with E-state index in [-0.39, 0.29) is 5.41 Å². The van der Waals surface area contributed by atoms with Crippen molar-refractivity contribution >= 4 is 8.56 Å². The van der Waals surface area contributed by atoms with Crippen molar-refractivity contribution in [2.24, 2.45) is 11.1 Å². The lowest BCUT2D eigenvalue weighted by Gasteiger charge is -2.33. The summed E-state index contributed by atoms with van der Waals surface area (Å²) in [6.07, 6.45) is 0.990. The standard InChI is InChI=1S/C10H25NO2Si/c1-10(2,3)9-14(12-4,13-5)8-6-7-11/h6-9,11H2,1-5H3. The summed E-state index contributed by atoms with van der Waals surface area (Å²) in [4.78, 5) is 0. The number of hydrogen-bond donors (Lipinski definition) is 1. The maximum Gasteiger partial charge on any atom is 0.338 e. The highest BCUT2D eigenvalue weighted by Gasteiger charge is 2.38. The van der Waals surface area contributed by atoms with Crippen LogP contribution < -0.4 is 5.73 Å². The third kappa shape index (κ3) is 5.10. The molecule has 0 aliphatic rings. The fourth-order valence-corrected chi connectivity index (χ4v) is 5.10. The minimum atomic E-state index is -1.98. The summed E-state index contributed by atoms with van der Waals surface area (Å²) >= 11 is 0. The molecule has 0 aromatic heterocycles. The Labute approximate surface area is 89.2 Å². The summed E-state index contributed by atoms with van der Waals surface area (Å²) in [5.74, 6) is 0. The average molecular weight is 219 g/mol. The van der Waals surface area contributed by atoms with Gasteiger partial charge < -0.3 is 14.6 Å². The first-order valence-electron chi connectivity index (χ1n) is 5.19. The fourth-order valence-electron chi connectivity index (χ4n) is 1.70. The van der Waals surface area contributed by atoms with Crippen molar-refractivity contribution in [2.45, 2.75) is 39.3 Å². The van der Waals surface area contributed by atoms with Gasteiger partial charge >= 0.3 is 8.56 Å². The molecule has 0 spiro atoms. The maximum atomic E-state index is 5.63. The zero-order valence-corrected chi connectivity index (χ0v) is 11.2. The van der Waals surface area contributed by atoms with Crippen LogP contribution in [0.1, 0.15) is 27.2 Å². The summed E-state index contributed by atoms with van der Waals surface area (Å²) in [6.45, 7) is 7.37. The molecule has 86 valence electrons. The normalized spacial score (nSPS) is 13.3. The van der Waals surface area contributed by atoms with E-state index in [2.05, 4.69) is 20.8 Å². The summed E-state index contributed by atoms with van der Waals surface area (Å²) in [7, 11) is 1.54. The molecule has 0 aliphatic heterocycles. The molecule has 0 fully saturated rings. The second-order valence-electron chi connectivity index (χ2n) is 4.95. The number of hydrogen-bond acceptors (Lipinski definition) is 3. The van der Waals surface area contributed by atoms with Gasteiger partial charge in [-0.15, -0.1) is 0 Å². The molecule has 0 bridgehead atoms. The lowest BCUT2D eigenvalue weighted by atomic mass is 10.0. The molecule has 4 heteroatoms. The molecule has 0 rings (SSSR count). The summed E-state index contributed by atoms with van der Waals surface area (Å²) in [5, 5.41) is 0. The topological polar surface area (TPSA) is 44.5 Å². The Morgan fingerprint density at radius 3 is 1.93 bits per heavy atom. The second-order valence-corrected chi connectivity index (χ2v) is 8.44. The summed E-state index contributed by atoms with van der Waals surface area (Å²) in [5.41, 5.74) is 5.78. The van der Waals surface area contributed by atoms with Crippen molar-refractivity contribution in [2.75, 3.05) is 20.8 Å². The van der Waals surface area contributed by atoms with E-state index in [1.54, 1.807) is 14.2 Å². The Balaban J connectivity index is 4.36. The first-order valence-corrected chi connectivity index (χ1v) is 7.42. The zero-order chi connectivity index (χ0) is 11.2. The van der Waals surface area contributed by atoms with Gasteiger partial charge in [0.05, 0.1) is 0 Å². The molecule has 14 heavy (non-hydrogen) atoms. The van der Waals surface area contributed by atoms with Gasteiger partial charge in [-0.2, -0.15) is 0 Å². The largest absolute Gasteiger partial charge is 0.398 e. The molecule has 0 aliphatic carbocycles. The molecule has 2 N–H and O–H groups in total. The molecular formula is C10H25NO2Si. The molecule has 0 unspecified atom stereocenters. The Morgan fingerprint density at radius 2 is 1.64 bits per heavy atom. The third-order valence-electron chi connectivity index (χ3n) is 2.31. The summed E-state index contributed by atoms with van der Waals surface area (Å²) in [6, 6.07) is 2.01. The van der Waals surface area contributed by atoms with Crippen LogP contribution >= 0.6 is 0 Å². The minimum absolute atomic E-state index is 0.257. The van der Waals surface area contributed by atoms with Gasteiger partial charge in [-0.25, -0.2) is 0 Å². The molecule has 0 saturated heterocycles. The van der Waals surface area contributed by atoms with Gasteiger partial charge in [-0.05, 0) is 30.5 Å². The van der Waals surface area contributed by atoms with Crippen LogP contribution in [0.4, 0.5) is 0 Å². The highest BCUT2D eigenvalue weighted by molar-refractivity contribution is 6.67. The Hall–Kier alpha value is 0.0969. The van der Waals surface area contributed by atoms with Crippen LogP contribution in [0.5, 0.6) is 0 Å². The molecule has 0 atom stereocenters. The van der Waals surface area contributed by atoms with Gasteiger partial charge in [0.1, 0.15) is 0 Å². The Morgan fingerprint density at radius 1 is 1.14 bits per heavy atom. The van der Waals surface area contributed by atoms with Gasteiger partial charge in [0.25, 0.3) is 0 Å². The van der Waals surface area contributed by atoms with Crippen molar-refractivity contribution < 1.29 is 8.85 Å². The highest BCUT2D eigenvalue weighted by atomic mass is 28.4. The minimum Gasteiger partial charge on any atom is -0.398 e. The van der Waals surface area contributed by atoms with E-state index in [1.807, 2.05) is 0 Å². The Kier molecular flexibility index (Phi) is 5.89. The molecule has 0 saturated carbocycles. The zero-order valence-electron chi connectivity index (χ0n) is 10.2. The van der Waals surface area contributed by atoms with E-state index >= 15 is 0 Å². The van der Waals surface area contributed by atoms with Crippen LogP contribution in [-0.4, -0.2) is 29.3 Å². The molecule has 0 aromatic rings. The maximum absolute atomic E-state index is 5.63. The number of nitrogens with two attached hydrogens (primary N) is 1. The van der Waals surface area contributed by atoms with Crippen LogP contribution in [-0.2, 0) is 8.85 Å². The van der Waals surface area contributed by atoms with Crippen molar-refractivity contribution in [3.05, 3.63) is 0 Å². The molecule has 0 aromatic carbocycles. The van der Waals surface area contributed by atoms with E-state index in [1.165, 1.54) is 0 Å². The lowest BCUT2D eigenvalue weighted by Crippen LogP contribution is -2.43. The average Bonchev–Trinajstić information content (AvgIpc) is 2.10. The monoisotopic (exact) mass is 219 g/mol. The number of rotatable bonds is 6. The first-order chi connectivity index (χ1) is 6.39. The predicted octanol–water partition coefficient (Wildman–Crippen LogP) is 2.12. The van der Waals surface area contributed by atoms with E-state index < -0.39 is 8.56 Å². The van der Waals surface area contributed by atoms with E-state index in [4.69, 9.17) is 14.6 Å².